The molecular weight excluding hydrogens is 286 g/mol. The molecule has 2 aromatic carbocycles. The summed E-state index contributed by atoms with van der Waals surface area (Å²) >= 11 is 0. The number of aromatic amines is 1. The summed E-state index contributed by atoms with van der Waals surface area (Å²) < 4.78 is 0. The quantitative estimate of drug-likeness (QED) is 0.583. The van der Waals surface area contributed by atoms with Gasteiger partial charge in [-0.25, -0.2) is 15.0 Å². The molecule has 4 rings (SSSR count). The van der Waals surface area contributed by atoms with Gasteiger partial charge in [0.2, 0.25) is 11.9 Å². The summed E-state index contributed by atoms with van der Waals surface area (Å²) in [6.45, 7) is 6.24. The average Bonchev–Trinajstić information content (AvgIpc) is 2.89. The van der Waals surface area contributed by atoms with Gasteiger partial charge in [-0.3, -0.25) is 5.32 Å². The predicted octanol–water partition coefficient (Wildman–Crippen LogP) is 4.17. The van der Waals surface area contributed by atoms with Crippen LogP contribution in [-0.4, -0.2) is 19.9 Å². The van der Waals surface area contributed by atoms with Crippen molar-refractivity contribution in [2.45, 2.75) is 20.8 Å². The van der Waals surface area contributed by atoms with Crippen molar-refractivity contribution in [1.82, 2.24) is 19.9 Å². The number of imidazole rings is 1. The fourth-order valence-corrected chi connectivity index (χ4v) is 2.65. The Hall–Kier alpha value is -2.95. The van der Waals surface area contributed by atoms with Gasteiger partial charge < -0.3 is 4.98 Å². The molecule has 0 amide bonds. The van der Waals surface area contributed by atoms with Gasteiger partial charge in [0.1, 0.15) is 0 Å². The fraction of sp³-hybridized carbons (Fsp3) is 0.167. The van der Waals surface area contributed by atoms with Gasteiger partial charge in [0.15, 0.2) is 0 Å². The molecule has 0 aliphatic rings. The number of nitrogens with zero attached hydrogens (tertiary/aromatic N) is 3. The van der Waals surface area contributed by atoms with Crippen molar-refractivity contribution in [3.05, 3.63) is 53.2 Å². The normalized spacial score (nSPS) is 11.3. The van der Waals surface area contributed by atoms with Gasteiger partial charge in [-0.2, -0.15) is 0 Å². The molecule has 2 heterocycles. The van der Waals surface area contributed by atoms with Crippen molar-refractivity contribution in [1.29, 1.82) is 0 Å². The van der Waals surface area contributed by atoms with Crippen molar-refractivity contribution < 1.29 is 0 Å². The lowest BCUT2D eigenvalue weighted by atomic mass is 10.1. The van der Waals surface area contributed by atoms with Crippen LogP contribution < -0.4 is 5.32 Å². The van der Waals surface area contributed by atoms with Crippen LogP contribution in [0.5, 0.6) is 0 Å². The van der Waals surface area contributed by atoms with Crippen LogP contribution in [0.3, 0.4) is 0 Å². The van der Waals surface area contributed by atoms with E-state index in [1.807, 2.05) is 18.3 Å². The second-order valence-electron chi connectivity index (χ2n) is 5.92. The predicted molar refractivity (Wildman–Crippen MR) is 93.1 cm³/mol. The van der Waals surface area contributed by atoms with Gasteiger partial charge >= 0.3 is 0 Å². The van der Waals surface area contributed by atoms with Crippen molar-refractivity contribution in [3.8, 4) is 0 Å². The minimum atomic E-state index is 0.536. The highest BCUT2D eigenvalue weighted by Gasteiger charge is 2.07. The number of rotatable bonds is 2. The molecule has 0 spiro atoms. The minimum absolute atomic E-state index is 0.536. The highest BCUT2D eigenvalue weighted by atomic mass is 15.2. The molecule has 4 aromatic rings. The smallest absolute Gasteiger partial charge is 0.230 e. The number of H-pyrrole nitrogens is 1. The molecule has 2 aromatic heterocycles. The Morgan fingerprint density at radius 2 is 1.74 bits per heavy atom. The van der Waals surface area contributed by atoms with Crippen molar-refractivity contribution in [3.63, 3.8) is 0 Å². The van der Waals surface area contributed by atoms with E-state index in [1.54, 1.807) is 0 Å². The molecule has 0 saturated carbocycles. The summed E-state index contributed by atoms with van der Waals surface area (Å²) in [5, 5.41) is 4.18. The van der Waals surface area contributed by atoms with E-state index in [9.17, 15) is 0 Å². The summed E-state index contributed by atoms with van der Waals surface area (Å²) in [4.78, 5) is 16.7. The monoisotopic (exact) mass is 303 g/mol. The van der Waals surface area contributed by atoms with Gasteiger partial charge in [-0.15, -0.1) is 0 Å². The summed E-state index contributed by atoms with van der Waals surface area (Å²) in [6.07, 6.45) is 1.83. The molecule has 5 heteroatoms. The third-order valence-electron chi connectivity index (χ3n) is 4.06. The van der Waals surface area contributed by atoms with Gasteiger partial charge in [0.05, 0.1) is 16.6 Å². The van der Waals surface area contributed by atoms with E-state index < -0.39 is 0 Å². The molecule has 0 aliphatic heterocycles. The molecular formula is C18H17N5. The first-order valence-corrected chi connectivity index (χ1v) is 7.56. The highest BCUT2D eigenvalue weighted by Crippen LogP contribution is 2.21. The van der Waals surface area contributed by atoms with Gasteiger partial charge in [-0.05, 0) is 56.2 Å². The Morgan fingerprint density at radius 3 is 2.61 bits per heavy atom. The Balaban J connectivity index is 1.71. The van der Waals surface area contributed by atoms with Crippen LogP contribution in [0.25, 0.3) is 21.9 Å². The molecule has 0 atom stereocenters. The lowest BCUT2D eigenvalue weighted by Crippen LogP contribution is -1.98. The maximum absolute atomic E-state index is 4.56. The third kappa shape index (κ3) is 2.50. The molecule has 0 unspecified atom stereocenters. The number of hydrogen-bond acceptors (Lipinski definition) is 4. The molecule has 0 radical (unpaired) electrons. The molecule has 0 fully saturated rings. The summed E-state index contributed by atoms with van der Waals surface area (Å²) in [5.74, 6) is 1.19. The standard InChI is InChI=1S/C18H17N5/c1-10-4-5-14-13(6-10)9-19-17(20-14)23-18-21-15-7-11(2)12(3)8-16(15)22-18/h4-9H,1-3H3,(H2,19,20,21,22,23). The van der Waals surface area contributed by atoms with E-state index in [0.29, 0.717) is 11.9 Å². The molecule has 0 bridgehead atoms. The SMILES string of the molecule is Cc1ccc2nc(Nc3nc4cc(C)c(C)cc4[nH]3)ncc2c1. The number of benzene rings is 2. The van der Waals surface area contributed by atoms with E-state index >= 15 is 0 Å². The largest absolute Gasteiger partial charge is 0.324 e. The second kappa shape index (κ2) is 5.05. The Bertz CT molecular complexity index is 993. The van der Waals surface area contributed by atoms with Gasteiger partial charge in [0, 0.05) is 11.6 Å². The molecule has 0 aliphatic carbocycles. The van der Waals surface area contributed by atoms with E-state index in [-0.39, 0.29) is 0 Å². The van der Waals surface area contributed by atoms with E-state index in [4.69, 9.17) is 0 Å². The van der Waals surface area contributed by atoms with Crippen LogP contribution in [0.2, 0.25) is 0 Å². The Labute approximate surface area is 133 Å². The van der Waals surface area contributed by atoms with Gasteiger partial charge in [0.25, 0.3) is 0 Å². The van der Waals surface area contributed by atoms with Crippen LogP contribution in [0.15, 0.2) is 36.5 Å². The first-order chi connectivity index (χ1) is 11.1. The fourth-order valence-electron chi connectivity index (χ4n) is 2.65. The zero-order valence-electron chi connectivity index (χ0n) is 13.3. The average molecular weight is 303 g/mol. The molecule has 23 heavy (non-hydrogen) atoms. The number of nitrogens with one attached hydrogen (secondary N) is 2. The Kier molecular flexibility index (Phi) is 3.01. The lowest BCUT2D eigenvalue weighted by Gasteiger charge is -2.03. The number of aromatic nitrogens is 4. The molecule has 0 saturated heterocycles. The molecule has 114 valence electrons. The number of fused-ring (bicyclic) bond motifs is 2. The summed E-state index contributed by atoms with van der Waals surface area (Å²) in [5.41, 5.74) is 6.53. The molecule has 2 N–H and O–H groups in total. The summed E-state index contributed by atoms with van der Waals surface area (Å²) in [7, 11) is 0. The number of aryl methyl sites for hydroxylation is 3. The topological polar surface area (TPSA) is 66.5 Å². The van der Waals surface area contributed by atoms with Gasteiger partial charge in [-0.1, -0.05) is 11.6 Å². The van der Waals surface area contributed by atoms with Crippen LogP contribution in [0, 0.1) is 20.8 Å². The van der Waals surface area contributed by atoms with Crippen LogP contribution >= 0.6 is 0 Å². The van der Waals surface area contributed by atoms with E-state index in [1.165, 1.54) is 16.7 Å². The Morgan fingerprint density at radius 1 is 0.913 bits per heavy atom. The maximum atomic E-state index is 4.56. The van der Waals surface area contributed by atoms with Crippen molar-refractivity contribution in [2.75, 3.05) is 5.32 Å². The first-order valence-electron chi connectivity index (χ1n) is 7.56. The highest BCUT2D eigenvalue weighted by molar-refractivity contribution is 5.81. The summed E-state index contributed by atoms with van der Waals surface area (Å²) in [6, 6.07) is 10.3. The number of anilines is 2. The third-order valence-corrected chi connectivity index (χ3v) is 4.06. The van der Waals surface area contributed by atoms with Crippen LogP contribution in [0.1, 0.15) is 16.7 Å². The maximum Gasteiger partial charge on any atom is 0.230 e. The van der Waals surface area contributed by atoms with Crippen LogP contribution in [-0.2, 0) is 0 Å². The van der Waals surface area contributed by atoms with Crippen molar-refractivity contribution in [2.24, 2.45) is 0 Å². The zero-order valence-corrected chi connectivity index (χ0v) is 13.3. The lowest BCUT2D eigenvalue weighted by molar-refractivity contribution is 1.18. The van der Waals surface area contributed by atoms with Crippen molar-refractivity contribution >= 4 is 33.8 Å². The number of hydrogen-bond donors (Lipinski definition) is 2. The van der Waals surface area contributed by atoms with E-state index in [0.717, 1.165) is 21.9 Å². The van der Waals surface area contributed by atoms with E-state index in [2.05, 4.69) is 64.2 Å². The second-order valence-corrected chi connectivity index (χ2v) is 5.92. The van der Waals surface area contributed by atoms with Crippen LogP contribution in [0.4, 0.5) is 11.9 Å². The minimum Gasteiger partial charge on any atom is -0.324 e. The first kappa shape index (κ1) is 13.7. The molecule has 5 nitrogen and oxygen atoms in total. The zero-order chi connectivity index (χ0) is 16.0.